The van der Waals surface area contributed by atoms with Gasteiger partial charge in [0.2, 0.25) is 11.8 Å². The van der Waals surface area contributed by atoms with Crippen LogP contribution >= 0.6 is 0 Å². The molecule has 0 radical (unpaired) electrons. The Bertz CT molecular complexity index is 718. The Morgan fingerprint density at radius 3 is 2.44 bits per heavy atom. The van der Waals surface area contributed by atoms with E-state index in [2.05, 4.69) is 16.0 Å². The van der Waals surface area contributed by atoms with E-state index < -0.39 is 11.7 Å². The van der Waals surface area contributed by atoms with Crippen molar-refractivity contribution in [2.75, 3.05) is 17.2 Å². The molecule has 146 valence electrons. The van der Waals surface area contributed by atoms with Crippen molar-refractivity contribution in [3.05, 3.63) is 36.4 Å². The van der Waals surface area contributed by atoms with Crippen molar-refractivity contribution in [1.82, 2.24) is 5.32 Å². The predicted molar refractivity (Wildman–Crippen MR) is 104 cm³/mol. The van der Waals surface area contributed by atoms with Crippen LogP contribution in [0.15, 0.2) is 36.4 Å². The minimum atomic E-state index is -0.578. The molecule has 0 spiro atoms. The monoisotopic (exact) mass is 373 g/mol. The van der Waals surface area contributed by atoms with Crippen molar-refractivity contribution in [2.45, 2.75) is 45.6 Å². The zero-order valence-electron chi connectivity index (χ0n) is 16.0. The number of hydrogen-bond donors (Lipinski definition) is 3. The van der Waals surface area contributed by atoms with Crippen LogP contribution in [0.3, 0.4) is 0 Å². The number of amides is 3. The summed E-state index contributed by atoms with van der Waals surface area (Å²) in [6.07, 6.45) is 5.31. The molecule has 1 fully saturated rings. The number of carbonyl (C=O) groups excluding carboxylic acids is 3. The van der Waals surface area contributed by atoms with Gasteiger partial charge in [0, 0.05) is 24.3 Å². The second-order valence-electron chi connectivity index (χ2n) is 7.49. The van der Waals surface area contributed by atoms with Crippen molar-refractivity contribution in [3.8, 4) is 0 Å². The second-order valence-corrected chi connectivity index (χ2v) is 7.49. The lowest BCUT2D eigenvalue weighted by Crippen LogP contribution is -2.34. The van der Waals surface area contributed by atoms with Crippen LogP contribution in [0.5, 0.6) is 0 Å². The van der Waals surface area contributed by atoms with Gasteiger partial charge in [-0.25, -0.2) is 4.79 Å². The second kappa shape index (κ2) is 9.21. The van der Waals surface area contributed by atoms with E-state index in [1.165, 1.54) is 0 Å². The first-order valence-corrected chi connectivity index (χ1v) is 9.07. The minimum absolute atomic E-state index is 0.111. The van der Waals surface area contributed by atoms with Crippen molar-refractivity contribution >= 4 is 29.3 Å². The van der Waals surface area contributed by atoms with Crippen LogP contribution in [0.4, 0.5) is 16.2 Å². The Kier molecular flexibility index (Phi) is 6.98. The van der Waals surface area contributed by atoms with E-state index in [0.717, 1.165) is 12.8 Å². The third-order valence-corrected chi connectivity index (χ3v) is 3.58. The molecule has 1 aromatic rings. The lowest BCUT2D eigenvalue weighted by molar-refractivity contribution is -0.116. The highest BCUT2D eigenvalue weighted by molar-refractivity contribution is 6.00. The first-order valence-electron chi connectivity index (χ1n) is 9.07. The van der Waals surface area contributed by atoms with Crippen LogP contribution in [0.2, 0.25) is 0 Å². The van der Waals surface area contributed by atoms with Gasteiger partial charge in [-0.2, -0.15) is 0 Å². The molecule has 0 aromatic heterocycles. The van der Waals surface area contributed by atoms with Gasteiger partial charge in [0.15, 0.2) is 0 Å². The number of hydrogen-bond acceptors (Lipinski definition) is 4. The van der Waals surface area contributed by atoms with Crippen LogP contribution in [-0.4, -0.2) is 30.1 Å². The van der Waals surface area contributed by atoms with Crippen LogP contribution in [-0.2, 0) is 14.3 Å². The molecule has 3 N–H and O–H groups in total. The Balaban J connectivity index is 1.75. The fourth-order valence-corrected chi connectivity index (χ4v) is 2.19. The summed E-state index contributed by atoms with van der Waals surface area (Å²) < 4.78 is 5.10. The summed E-state index contributed by atoms with van der Waals surface area (Å²) in [5.74, 6) is 0.103. The Hall–Kier alpha value is -2.83. The van der Waals surface area contributed by atoms with Crippen molar-refractivity contribution in [3.63, 3.8) is 0 Å². The molecule has 7 nitrogen and oxygen atoms in total. The summed E-state index contributed by atoms with van der Waals surface area (Å²) >= 11 is 0. The number of carbonyl (C=O) groups is 3. The number of alkyl carbamates (subject to hydrolysis) is 1. The molecule has 0 aliphatic heterocycles. The Morgan fingerprint density at radius 2 is 1.81 bits per heavy atom. The largest absolute Gasteiger partial charge is 0.444 e. The average Bonchev–Trinajstić information content (AvgIpc) is 3.36. The summed E-state index contributed by atoms with van der Waals surface area (Å²) in [7, 11) is 0. The van der Waals surface area contributed by atoms with E-state index in [9.17, 15) is 14.4 Å². The van der Waals surface area contributed by atoms with E-state index in [-0.39, 0.29) is 24.8 Å². The molecule has 2 rings (SSSR count). The fourth-order valence-electron chi connectivity index (χ4n) is 2.19. The van der Waals surface area contributed by atoms with E-state index in [4.69, 9.17) is 4.74 Å². The van der Waals surface area contributed by atoms with Crippen molar-refractivity contribution in [1.29, 1.82) is 0 Å². The number of ether oxygens (including phenoxy) is 1. The zero-order valence-corrected chi connectivity index (χ0v) is 16.0. The van der Waals surface area contributed by atoms with E-state index in [1.807, 2.05) is 6.08 Å². The maximum Gasteiger partial charge on any atom is 0.407 e. The molecule has 0 heterocycles. The highest BCUT2D eigenvalue weighted by atomic mass is 16.6. The molecule has 0 unspecified atom stereocenters. The summed E-state index contributed by atoms with van der Waals surface area (Å²) in [4.78, 5) is 35.4. The van der Waals surface area contributed by atoms with Gasteiger partial charge in [-0.05, 0) is 63.8 Å². The molecule has 1 aromatic carbocycles. The molecule has 0 bridgehead atoms. The fraction of sp³-hybridized carbons (Fsp3) is 0.450. The molecule has 27 heavy (non-hydrogen) atoms. The summed E-state index contributed by atoms with van der Waals surface area (Å²) in [6, 6.07) is 6.91. The van der Waals surface area contributed by atoms with Gasteiger partial charge in [-0.3, -0.25) is 9.59 Å². The molecule has 1 saturated carbocycles. The highest BCUT2D eigenvalue weighted by Gasteiger charge is 2.17. The molecule has 0 atom stereocenters. The van der Waals surface area contributed by atoms with Gasteiger partial charge in [-0.1, -0.05) is 12.1 Å². The first kappa shape index (κ1) is 20.5. The molecular formula is C20H27N3O4. The average molecular weight is 373 g/mol. The molecular weight excluding hydrogens is 346 g/mol. The molecule has 7 heteroatoms. The molecule has 3 amide bonds. The van der Waals surface area contributed by atoms with Crippen LogP contribution < -0.4 is 16.0 Å². The maximum absolute atomic E-state index is 12.0. The van der Waals surface area contributed by atoms with E-state index in [1.54, 1.807) is 51.1 Å². The van der Waals surface area contributed by atoms with E-state index in [0.29, 0.717) is 17.3 Å². The third kappa shape index (κ3) is 8.89. The number of rotatable bonds is 7. The Morgan fingerprint density at radius 1 is 1.15 bits per heavy atom. The predicted octanol–water partition coefficient (Wildman–Crippen LogP) is 3.44. The third-order valence-electron chi connectivity index (χ3n) is 3.58. The summed E-state index contributed by atoms with van der Waals surface area (Å²) in [6.45, 7) is 5.48. The highest BCUT2D eigenvalue weighted by Crippen LogP contribution is 2.30. The standard InChI is InChI=1S/C20H27N3O4/c1-20(2,3)27-19(26)21-12-11-18(25)23-16-6-4-5-15(13-16)22-17(24)10-9-14-7-8-14/h4-6,9-10,13-14H,7-8,11-12H2,1-3H3,(H,21,26)(H,22,24)(H,23,25)/b10-9+. The van der Waals surface area contributed by atoms with Gasteiger partial charge in [-0.15, -0.1) is 0 Å². The zero-order chi connectivity index (χ0) is 19.9. The lowest BCUT2D eigenvalue weighted by atomic mass is 10.2. The smallest absolute Gasteiger partial charge is 0.407 e. The van der Waals surface area contributed by atoms with Gasteiger partial charge >= 0.3 is 6.09 Å². The lowest BCUT2D eigenvalue weighted by Gasteiger charge is -2.19. The molecule has 1 aliphatic rings. The van der Waals surface area contributed by atoms with Gasteiger partial charge < -0.3 is 20.7 Å². The topological polar surface area (TPSA) is 96.5 Å². The van der Waals surface area contributed by atoms with Gasteiger partial charge in [0.05, 0.1) is 0 Å². The van der Waals surface area contributed by atoms with Crippen molar-refractivity contribution < 1.29 is 19.1 Å². The number of nitrogens with one attached hydrogen (secondary N) is 3. The summed E-state index contributed by atoms with van der Waals surface area (Å²) in [5, 5.41) is 8.04. The molecule has 0 saturated heterocycles. The van der Waals surface area contributed by atoms with Crippen molar-refractivity contribution in [2.24, 2.45) is 5.92 Å². The number of benzene rings is 1. The number of allylic oxidation sites excluding steroid dienone is 1. The van der Waals surface area contributed by atoms with Crippen LogP contribution in [0.25, 0.3) is 0 Å². The van der Waals surface area contributed by atoms with Crippen LogP contribution in [0.1, 0.15) is 40.0 Å². The van der Waals surface area contributed by atoms with Gasteiger partial charge in [0.1, 0.15) is 5.60 Å². The van der Waals surface area contributed by atoms with Crippen LogP contribution in [0, 0.1) is 5.92 Å². The number of anilines is 2. The van der Waals surface area contributed by atoms with E-state index >= 15 is 0 Å². The normalized spacial score (nSPS) is 13.9. The SMILES string of the molecule is CC(C)(C)OC(=O)NCCC(=O)Nc1cccc(NC(=O)/C=C/C2CC2)c1. The first-order chi connectivity index (χ1) is 12.7. The quantitative estimate of drug-likeness (QED) is 0.638. The minimum Gasteiger partial charge on any atom is -0.444 e. The molecule has 1 aliphatic carbocycles. The van der Waals surface area contributed by atoms with Gasteiger partial charge in [0.25, 0.3) is 0 Å². The summed E-state index contributed by atoms with van der Waals surface area (Å²) in [5.41, 5.74) is 0.594. The maximum atomic E-state index is 12.0. The Labute approximate surface area is 159 Å².